The molecule has 16 heavy (non-hydrogen) atoms. The van der Waals surface area contributed by atoms with E-state index in [4.69, 9.17) is 15.4 Å². The average Bonchev–Trinajstić information content (AvgIpc) is 2.67. The summed E-state index contributed by atoms with van der Waals surface area (Å²) in [5.74, 6) is 0.841. The van der Waals surface area contributed by atoms with E-state index >= 15 is 0 Å². The molecule has 0 saturated heterocycles. The number of halogens is 1. The summed E-state index contributed by atoms with van der Waals surface area (Å²) in [5, 5.41) is 12.5. The molecule has 0 atom stereocenters. The molecule has 0 amide bonds. The fraction of sp³-hybridized carbons (Fsp3) is 0.200. The van der Waals surface area contributed by atoms with Gasteiger partial charge in [0.2, 0.25) is 0 Å². The second-order valence-electron chi connectivity index (χ2n) is 3.22. The monoisotopic (exact) mass is 283 g/mol. The van der Waals surface area contributed by atoms with Crippen LogP contribution in [0, 0.1) is 0 Å². The minimum absolute atomic E-state index is 0.00517. The second-order valence-corrected chi connectivity index (χ2v) is 4.14. The van der Waals surface area contributed by atoms with Gasteiger partial charge in [0.05, 0.1) is 12.2 Å². The van der Waals surface area contributed by atoms with Crippen LogP contribution in [0.15, 0.2) is 27.2 Å². The van der Waals surface area contributed by atoms with E-state index < -0.39 is 0 Å². The molecule has 1 aromatic carbocycles. The number of aromatic nitrogens is 2. The molecular weight excluding hydrogens is 274 g/mol. The Balaban J connectivity index is 2.35. The summed E-state index contributed by atoms with van der Waals surface area (Å²) < 4.78 is 5.95. The molecular formula is C10H10BrN3O2. The van der Waals surface area contributed by atoms with Crippen molar-refractivity contribution in [2.24, 2.45) is 0 Å². The smallest absolute Gasteiger partial charge is 0.260 e. The Morgan fingerprint density at radius 3 is 2.94 bits per heavy atom. The van der Waals surface area contributed by atoms with Crippen LogP contribution < -0.4 is 5.73 Å². The number of nitrogen functional groups attached to an aromatic ring is 1. The summed E-state index contributed by atoms with van der Waals surface area (Å²) in [4.78, 5) is 4.13. The molecule has 0 bridgehead atoms. The van der Waals surface area contributed by atoms with Crippen LogP contribution >= 0.6 is 15.9 Å². The maximum Gasteiger partial charge on any atom is 0.260 e. The summed E-state index contributed by atoms with van der Waals surface area (Å²) >= 11 is 3.32. The van der Waals surface area contributed by atoms with Crippen LogP contribution in [-0.2, 0) is 6.42 Å². The SMILES string of the molecule is Nc1cc(Br)ccc1-c1nc(CCO)no1. The minimum Gasteiger partial charge on any atom is -0.398 e. The Morgan fingerprint density at radius 1 is 1.44 bits per heavy atom. The van der Waals surface area contributed by atoms with Crippen molar-refractivity contribution in [1.82, 2.24) is 10.1 Å². The molecule has 0 radical (unpaired) electrons. The highest BCUT2D eigenvalue weighted by molar-refractivity contribution is 9.10. The molecule has 1 aromatic heterocycles. The molecule has 0 spiro atoms. The lowest BCUT2D eigenvalue weighted by molar-refractivity contribution is 0.293. The van der Waals surface area contributed by atoms with Gasteiger partial charge in [-0.3, -0.25) is 0 Å². The maximum absolute atomic E-state index is 8.74. The van der Waals surface area contributed by atoms with Crippen molar-refractivity contribution in [2.45, 2.75) is 6.42 Å². The van der Waals surface area contributed by atoms with E-state index in [1.165, 1.54) is 0 Å². The average molecular weight is 284 g/mol. The zero-order valence-electron chi connectivity index (χ0n) is 8.35. The molecule has 2 aromatic rings. The zero-order chi connectivity index (χ0) is 11.5. The fourth-order valence-electron chi connectivity index (χ4n) is 1.29. The Kier molecular flexibility index (Phi) is 3.21. The number of aliphatic hydroxyl groups is 1. The van der Waals surface area contributed by atoms with Crippen LogP contribution in [0.1, 0.15) is 5.82 Å². The van der Waals surface area contributed by atoms with Crippen LogP contribution in [0.4, 0.5) is 5.69 Å². The quantitative estimate of drug-likeness (QED) is 0.836. The second kappa shape index (κ2) is 4.63. The van der Waals surface area contributed by atoms with Crippen LogP contribution in [0.25, 0.3) is 11.5 Å². The third-order valence-corrected chi connectivity index (χ3v) is 2.54. The van der Waals surface area contributed by atoms with E-state index in [2.05, 4.69) is 26.1 Å². The van der Waals surface area contributed by atoms with Gasteiger partial charge in [-0.2, -0.15) is 4.98 Å². The van der Waals surface area contributed by atoms with Gasteiger partial charge in [-0.25, -0.2) is 0 Å². The Labute approximate surface area is 100 Å². The van der Waals surface area contributed by atoms with Gasteiger partial charge in [-0.1, -0.05) is 21.1 Å². The summed E-state index contributed by atoms with van der Waals surface area (Å²) in [6.07, 6.45) is 0.375. The summed E-state index contributed by atoms with van der Waals surface area (Å²) in [7, 11) is 0. The number of anilines is 1. The highest BCUT2D eigenvalue weighted by Gasteiger charge is 2.11. The summed E-state index contributed by atoms with van der Waals surface area (Å²) in [5.41, 5.74) is 7.09. The molecule has 0 saturated carbocycles. The lowest BCUT2D eigenvalue weighted by Crippen LogP contribution is -1.93. The van der Waals surface area contributed by atoms with Crippen LogP contribution in [0.2, 0.25) is 0 Å². The Morgan fingerprint density at radius 2 is 2.25 bits per heavy atom. The molecule has 5 nitrogen and oxygen atoms in total. The number of nitrogens with two attached hydrogens (primary N) is 1. The Hall–Kier alpha value is -1.40. The number of hydrogen-bond acceptors (Lipinski definition) is 5. The minimum atomic E-state index is -0.00517. The highest BCUT2D eigenvalue weighted by Crippen LogP contribution is 2.27. The van der Waals surface area contributed by atoms with Gasteiger partial charge in [0.25, 0.3) is 5.89 Å². The largest absolute Gasteiger partial charge is 0.398 e. The number of aliphatic hydroxyl groups excluding tert-OH is 1. The van der Waals surface area contributed by atoms with Gasteiger partial charge < -0.3 is 15.4 Å². The lowest BCUT2D eigenvalue weighted by atomic mass is 10.2. The highest BCUT2D eigenvalue weighted by atomic mass is 79.9. The molecule has 0 aliphatic carbocycles. The third kappa shape index (κ3) is 2.23. The van der Waals surface area contributed by atoms with Crippen molar-refractivity contribution in [1.29, 1.82) is 0 Å². The van der Waals surface area contributed by atoms with Gasteiger partial charge in [-0.15, -0.1) is 0 Å². The first-order valence-electron chi connectivity index (χ1n) is 4.69. The normalized spacial score (nSPS) is 10.6. The standard InChI is InChI=1S/C10H10BrN3O2/c11-6-1-2-7(8(12)5-6)10-13-9(3-4-15)14-16-10/h1-2,5,15H,3-4,12H2. The van der Waals surface area contributed by atoms with E-state index in [0.717, 1.165) is 4.47 Å². The van der Waals surface area contributed by atoms with Crippen molar-refractivity contribution >= 4 is 21.6 Å². The Bertz CT molecular complexity index is 499. The van der Waals surface area contributed by atoms with E-state index in [0.29, 0.717) is 29.4 Å². The van der Waals surface area contributed by atoms with Gasteiger partial charge in [-0.05, 0) is 18.2 Å². The summed E-state index contributed by atoms with van der Waals surface area (Å²) in [6.45, 7) is -0.00517. The first-order valence-corrected chi connectivity index (χ1v) is 5.49. The maximum atomic E-state index is 8.74. The third-order valence-electron chi connectivity index (χ3n) is 2.05. The zero-order valence-corrected chi connectivity index (χ0v) is 9.94. The van der Waals surface area contributed by atoms with Gasteiger partial charge in [0, 0.05) is 16.6 Å². The molecule has 1 heterocycles. The van der Waals surface area contributed by atoms with E-state index in [9.17, 15) is 0 Å². The van der Waals surface area contributed by atoms with Crippen molar-refractivity contribution in [3.8, 4) is 11.5 Å². The molecule has 3 N–H and O–H groups in total. The van der Waals surface area contributed by atoms with Crippen LogP contribution in [0.3, 0.4) is 0 Å². The molecule has 0 aliphatic rings. The van der Waals surface area contributed by atoms with Crippen LogP contribution in [-0.4, -0.2) is 21.9 Å². The van der Waals surface area contributed by atoms with Crippen molar-refractivity contribution in [3.05, 3.63) is 28.5 Å². The molecule has 0 unspecified atom stereocenters. The van der Waals surface area contributed by atoms with Gasteiger partial charge >= 0.3 is 0 Å². The predicted octanol–water partition coefficient (Wildman–Crippen LogP) is 1.62. The first kappa shape index (κ1) is 11.1. The van der Waals surface area contributed by atoms with Crippen molar-refractivity contribution < 1.29 is 9.63 Å². The molecule has 0 aliphatic heterocycles. The van der Waals surface area contributed by atoms with E-state index in [-0.39, 0.29) is 6.61 Å². The van der Waals surface area contributed by atoms with Gasteiger partial charge in [0.1, 0.15) is 0 Å². The topological polar surface area (TPSA) is 85.2 Å². The molecule has 84 valence electrons. The number of hydrogen-bond donors (Lipinski definition) is 2. The van der Waals surface area contributed by atoms with E-state index in [1.54, 1.807) is 12.1 Å². The lowest BCUT2D eigenvalue weighted by Gasteiger charge is -2.00. The van der Waals surface area contributed by atoms with Crippen LogP contribution in [0.5, 0.6) is 0 Å². The van der Waals surface area contributed by atoms with Crippen molar-refractivity contribution in [3.63, 3.8) is 0 Å². The molecule has 2 rings (SSSR count). The molecule has 6 heteroatoms. The number of benzene rings is 1. The van der Waals surface area contributed by atoms with E-state index in [1.807, 2.05) is 6.07 Å². The summed E-state index contributed by atoms with van der Waals surface area (Å²) in [6, 6.07) is 5.42. The molecule has 0 fully saturated rings. The predicted molar refractivity (Wildman–Crippen MR) is 62.6 cm³/mol. The van der Waals surface area contributed by atoms with Gasteiger partial charge in [0.15, 0.2) is 5.82 Å². The number of rotatable bonds is 3. The number of nitrogens with zero attached hydrogens (tertiary/aromatic N) is 2. The first-order chi connectivity index (χ1) is 7.70. The fourth-order valence-corrected chi connectivity index (χ4v) is 1.67. The van der Waals surface area contributed by atoms with Crippen molar-refractivity contribution in [2.75, 3.05) is 12.3 Å².